The molecule has 19 heavy (non-hydrogen) atoms. The van der Waals surface area contributed by atoms with Crippen LogP contribution in [-0.4, -0.2) is 0 Å². The van der Waals surface area contributed by atoms with Crippen LogP contribution >= 0.6 is 19.4 Å². The standard InChI is InChI=1S/2C8H11.2ClH.Rh/c2*1-2-4-6-8-7-5-3-1;;;/h2*1-2,7H,3-6H2;2*1H;/q2*-1;;;+2/p-2. The first-order valence-electron chi connectivity index (χ1n) is 6.65. The van der Waals surface area contributed by atoms with E-state index in [1.54, 1.807) is 0 Å². The summed E-state index contributed by atoms with van der Waals surface area (Å²) in [5.41, 5.74) is 0. The fourth-order valence-corrected chi connectivity index (χ4v) is 1.57. The second-order valence-corrected chi connectivity index (χ2v) is 6.53. The molecule has 0 aromatic heterocycles. The zero-order chi connectivity index (χ0) is 14.0. The fraction of sp³-hybridized carbons (Fsp3) is 0.500. The molecule has 0 nitrogen and oxygen atoms in total. The first-order chi connectivity index (χ1) is 9.41. The molecule has 0 unspecified atom stereocenters. The molecule has 2 rings (SSSR count). The van der Waals surface area contributed by atoms with Crippen LogP contribution in [-0.2, 0) is 15.1 Å². The number of hydrogen-bond donors (Lipinski definition) is 0. The summed E-state index contributed by atoms with van der Waals surface area (Å²) in [6.07, 6.45) is 29.0. The van der Waals surface area contributed by atoms with Gasteiger partial charge in [0, 0.05) is 0 Å². The van der Waals surface area contributed by atoms with E-state index in [0.717, 1.165) is 12.8 Å². The third-order valence-electron chi connectivity index (χ3n) is 2.49. The maximum absolute atomic E-state index is 4.83. The molecular weight excluding hydrogens is 366 g/mol. The monoisotopic (exact) mass is 387 g/mol. The third kappa shape index (κ3) is 18.2. The van der Waals surface area contributed by atoms with E-state index < -0.39 is 0 Å². The van der Waals surface area contributed by atoms with E-state index in [1.807, 2.05) is 0 Å². The molecule has 3 heteroatoms. The molecule has 0 aliphatic heterocycles. The summed E-state index contributed by atoms with van der Waals surface area (Å²) in [4.78, 5) is 0. The van der Waals surface area contributed by atoms with Gasteiger partial charge in [0.1, 0.15) is 0 Å². The van der Waals surface area contributed by atoms with E-state index in [1.165, 1.54) is 38.5 Å². The molecule has 0 saturated heterocycles. The van der Waals surface area contributed by atoms with Gasteiger partial charge in [0.25, 0.3) is 0 Å². The predicted octanol–water partition coefficient (Wildman–Crippen LogP) is 6.33. The van der Waals surface area contributed by atoms with Crippen molar-refractivity contribution in [2.75, 3.05) is 0 Å². The quantitative estimate of drug-likeness (QED) is 0.259. The van der Waals surface area contributed by atoms with Crippen LogP contribution in [0.15, 0.2) is 36.5 Å². The van der Waals surface area contributed by atoms with Gasteiger partial charge in [-0.2, -0.15) is 12.8 Å². The minimum atomic E-state index is -0.226. The van der Waals surface area contributed by atoms with Crippen molar-refractivity contribution in [1.82, 2.24) is 0 Å². The van der Waals surface area contributed by atoms with Crippen LogP contribution in [0.25, 0.3) is 0 Å². The molecule has 0 heterocycles. The zero-order valence-electron chi connectivity index (χ0n) is 11.2. The van der Waals surface area contributed by atoms with Crippen molar-refractivity contribution >= 4 is 19.4 Å². The molecule has 2 aliphatic carbocycles. The van der Waals surface area contributed by atoms with E-state index in [-0.39, 0.29) is 15.1 Å². The third-order valence-corrected chi connectivity index (χ3v) is 2.49. The van der Waals surface area contributed by atoms with E-state index in [2.05, 4.69) is 48.6 Å². The Morgan fingerprint density at radius 2 is 1.00 bits per heavy atom. The van der Waals surface area contributed by atoms with Crippen molar-refractivity contribution in [3.8, 4) is 0 Å². The molecule has 0 saturated carbocycles. The Kier molecular flexibility index (Phi) is 18.3. The van der Waals surface area contributed by atoms with Crippen LogP contribution in [0.4, 0.5) is 0 Å². The van der Waals surface area contributed by atoms with Gasteiger partial charge in [-0.1, -0.05) is 50.0 Å². The summed E-state index contributed by atoms with van der Waals surface area (Å²) in [5.74, 6) is 0. The Morgan fingerprint density at radius 1 is 0.632 bits per heavy atom. The first kappa shape index (κ1) is 19.2. The summed E-state index contributed by atoms with van der Waals surface area (Å²) in [5, 5.41) is 0. The summed E-state index contributed by atoms with van der Waals surface area (Å²) >= 11 is -0.226. The molecule has 111 valence electrons. The van der Waals surface area contributed by atoms with Gasteiger partial charge < -0.3 is 12.2 Å². The molecule has 0 fully saturated rings. The Morgan fingerprint density at radius 3 is 1.42 bits per heavy atom. The van der Waals surface area contributed by atoms with Gasteiger partial charge in [-0.25, -0.2) is 0 Å². The van der Waals surface area contributed by atoms with Crippen LogP contribution in [0, 0.1) is 12.2 Å². The van der Waals surface area contributed by atoms with Gasteiger partial charge in [0.2, 0.25) is 0 Å². The molecule has 0 aromatic carbocycles. The minimum absolute atomic E-state index is 0.226. The fourth-order valence-electron chi connectivity index (χ4n) is 1.57. The molecule has 0 bridgehead atoms. The average Bonchev–Trinajstić information content (AvgIpc) is 2.28. The van der Waals surface area contributed by atoms with Crippen molar-refractivity contribution in [2.24, 2.45) is 0 Å². The van der Waals surface area contributed by atoms with Gasteiger partial charge in [-0.05, 0) is 12.8 Å². The van der Waals surface area contributed by atoms with Gasteiger partial charge in [-0.15, -0.1) is 0 Å². The molecule has 0 radical (unpaired) electrons. The van der Waals surface area contributed by atoms with Crippen molar-refractivity contribution in [1.29, 1.82) is 0 Å². The number of hydrogen-bond acceptors (Lipinski definition) is 0. The van der Waals surface area contributed by atoms with Crippen molar-refractivity contribution in [3.05, 3.63) is 48.6 Å². The van der Waals surface area contributed by atoms with Gasteiger partial charge in [0.05, 0.1) is 0 Å². The van der Waals surface area contributed by atoms with E-state index in [4.69, 9.17) is 19.4 Å². The number of allylic oxidation sites excluding steroid dienone is 8. The first-order valence-corrected chi connectivity index (χ1v) is 10.9. The van der Waals surface area contributed by atoms with E-state index in [9.17, 15) is 0 Å². The summed E-state index contributed by atoms with van der Waals surface area (Å²) in [7, 11) is 9.67. The average molecular weight is 388 g/mol. The van der Waals surface area contributed by atoms with Gasteiger partial charge in [-0.3, -0.25) is 12.2 Å². The van der Waals surface area contributed by atoms with Crippen LogP contribution < -0.4 is 0 Å². The Labute approximate surface area is 134 Å². The molecular formula is C16H22Cl2Rh-2. The molecule has 0 amide bonds. The topological polar surface area (TPSA) is 0 Å². The Bertz CT molecular complexity index is 200. The van der Waals surface area contributed by atoms with Crippen LogP contribution in [0.3, 0.4) is 0 Å². The van der Waals surface area contributed by atoms with Crippen LogP contribution in [0.2, 0.25) is 0 Å². The van der Waals surface area contributed by atoms with Gasteiger partial charge in [0.15, 0.2) is 0 Å². The van der Waals surface area contributed by atoms with Gasteiger partial charge >= 0.3 is 34.5 Å². The second kappa shape index (κ2) is 18.2. The summed E-state index contributed by atoms with van der Waals surface area (Å²) in [6, 6.07) is 0. The van der Waals surface area contributed by atoms with Crippen LogP contribution in [0.1, 0.15) is 51.4 Å². The summed E-state index contributed by atoms with van der Waals surface area (Å²) in [6.45, 7) is 0. The van der Waals surface area contributed by atoms with Crippen molar-refractivity contribution < 1.29 is 15.1 Å². The SMILES string of the molecule is [C-]1=CCCC=CCC1.[C-]1=CCCC=CCC1.[Cl][Rh][Cl]. The van der Waals surface area contributed by atoms with Crippen molar-refractivity contribution in [3.63, 3.8) is 0 Å². The van der Waals surface area contributed by atoms with E-state index >= 15 is 0 Å². The zero-order valence-corrected chi connectivity index (χ0v) is 14.4. The Hall–Kier alpha value is 0.163. The maximum atomic E-state index is 4.83. The second-order valence-electron chi connectivity index (χ2n) is 4.04. The molecule has 0 N–H and O–H groups in total. The number of halogens is 2. The summed E-state index contributed by atoms with van der Waals surface area (Å²) < 4.78 is 0. The predicted molar refractivity (Wildman–Crippen MR) is 82.5 cm³/mol. The Balaban J connectivity index is 0.000000284. The molecule has 2 aliphatic rings. The molecule has 0 aromatic rings. The number of rotatable bonds is 0. The normalized spacial score (nSPS) is 18.0. The molecule has 0 spiro atoms. The van der Waals surface area contributed by atoms with Crippen molar-refractivity contribution in [2.45, 2.75) is 51.4 Å². The van der Waals surface area contributed by atoms with E-state index in [0.29, 0.717) is 0 Å². The van der Waals surface area contributed by atoms with Crippen LogP contribution in [0.5, 0.6) is 0 Å². The molecule has 0 atom stereocenters.